The number of rotatable bonds is 5. The lowest BCUT2D eigenvalue weighted by Crippen LogP contribution is -2.49. The van der Waals surface area contributed by atoms with Crippen molar-refractivity contribution in [2.75, 3.05) is 6.54 Å². The lowest BCUT2D eigenvalue weighted by atomic mass is 9.48. The Labute approximate surface area is 177 Å². The van der Waals surface area contributed by atoms with Gasteiger partial charge in [-0.15, -0.1) is 0 Å². The molecule has 4 aliphatic carbocycles. The first-order chi connectivity index (χ1) is 14.6. The number of nitrogens with zero attached hydrogens (tertiary/aromatic N) is 3. The third-order valence-corrected chi connectivity index (χ3v) is 7.31. The number of nitriles is 1. The third kappa shape index (κ3) is 3.25. The Morgan fingerprint density at radius 1 is 1.20 bits per heavy atom. The summed E-state index contributed by atoms with van der Waals surface area (Å²) in [4.78, 5) is 12.4. The maximum absolute atomic E-state index is 12.4. The molecule has 5 heteroatoms. The zero-order valence-corrected chi connectivity index (χ0v) is 17.5. The molecule has 5 nitrogen and oxygen atoms in total. The van der Waals surface area contributed by atoms with E-state index >= 15 is 0 Å². The molecule has 4 saturated carbocycles. The molecule has 30 heavy (non-hydrogen) atoms. The predicted molar refractivity (Wildman–Crippen MR) is 116 cm³/mol. The molecule has 4 bridgehead atoms. The maximum atomic E-state index is 12.4. The van der Waals surface area contributed by atoms with Crippen molar-refractivity contribution in [3.63, 3.8) is 0 Å². The fourth-order valence-corrected chi connectivity index (χ4v) is 6.58. The van der Waals surface area contributed by atoms with Gasteiger partial charge in [0, 0.05) is 23.7 Å². The molecule has 0 atom stereocenters. The molecule has 0 unspecified atom stereocenters. The smallest absolute Gasteiger partial charge is 0.261 e. The molecule has 1 heterocycles. The van der Waals surface area contributed by atoms with Crippen molar-refractivity contribution in [2.24, 2.45) is 17.8 Å². The van der Waals surface area contributed by atoms with E-state index in [1.165, 1.54) is 38.5 Å². The predicted octanol–water partition coefficient (Wildman–Crippen LogP) is 4.38. The normalized spacial score (nSPS) is 29.6. The van der Waals surface area contributed by atoms with Crippen LogP contribution in [0.2, 0.25) is 0 Å². The van der Waals surface area contributed by atoms with Gasteiger partial charge in [-0.2, -0.15) is 10.4 Å². The minimum atomic E-state index is -0.316. The number of likely N-dealkylation sites (N-methyl/N-ethyl adjacent to an activating group) is 1. The molecule has 4 aliphatic rings. The summed E-state index contributed by atoms with van der Waals surface area (Å²) in [6, 6.07) is 12.2. The van der Waals surface area contributed by atoms with Crippen molar-refractivity contribution >= 4 is 12.0 Å². The summed E-state index contributed by atoms with van der Waals surface area (Å²) >= 11 is 0. The molecule has 1 amide bonds. The summed E-state index contributed by atoms with van der Waals surface area (Å²) in [6.07, 6.45) is 11.4. The highest BCUT2D eigenvalue weighted by Crippen LogP contribution is 2.61. The van der Waals surface area contributed by atoms with Crippen molar-refractivity contribution in [3.8, 4) is 11.8 Å². The highest BCUT2D eigenvalue weighted by Gasteiger charge is 2.53. The van der Waals surface area contributed by atoms with Crippen LogP contribution in [0.3, 0.4) is 0 Å². The van der Waals surface area contributed by atoms with Gasteiger partial charge in [-0.25, -0.2) is 4.68 Å². The molecule has 0 aliphatic heterocycles. The fraction of sp³-hybridized carbons (Fsp3) is 0.480. The number of para-hydroxylation sites is 1. The molecule has 0 radical (unpaired) electrons. The van der Waals surface area contributed by atoms with Crippen molar-refractivity contribution < 1.29 is 4.79 Å². The van der Waals surface area contributed by atoms with Crippen LogP contribution >= 0.6 is 0 Å². The van der Waals surface area contributed by atoms with E-state index in [0.717, 1.165) is 34.7 Å². The van der Waals surface area contributed by atoms with Crippen molar-refractivity contribution in [3.05, 3.63) is 53.4 Å². The Bertz CT molecular complexity index is 992. The van der Waals surface area contributed by atoms with E-state index in [9.17, 15) is 10.1 Å². The molecule has 4 fully saturated rings. The first-order valence-electron chi connectivity index (χ1n) is 11.2. The van der Waals surface area contributed by atoms with Crippen LogP contribution < -0.4 is 5.32 Å². The first kappa shape index (κ1) is 19.1. The number of benzene rings is 1. The highest BCUT2D eigenvalue weighted by molar-refractivity contribution is 6.01. The second kappa shape index (κ2) is 7.43. The van der Waals surface area contributed by atoms with Crippen LogP contribution in [0.25, 0.3) is 11.8 Å². The second-order valence-corrected chi connectivity index (χ2v) is 9.44. The molecule has 0 saturated heterocycles. The fourth-order valence-electron chi connectivity index (χ4n) is 6.58. The van der Waals surface area contributed by atoms with Crippen molar-refractivity contribution in [1.29, 1.82) is 5.26 Å². The van der Waals surface area contributed by atoms with Crippen LogP contribution in [0.1, 0.15) is 56.7 Å². The Morgan fingerprint density at radius 3 is 2.40 bits per heavy atom. The van der Waals surface area contributed by atoms with Gasteiger partial charge < -0.3 is 5.32 Å². The Morgan fingerprint density at radius 2 is 1.83 bits per heavy atom. The van der Waals surface area contributed by atoms with E-state index in [1.54, 1.807) is 6.08 Å². The van der Waals surface area contributed by atoms with Gasteiger partial charge in [0.15, 0.2) is 0 Å². The van der Waals surface area contributed by atoms with E-state index in [1.807, 2.05) is 48.1 Å². The van der Waals surface area contributed by atoms with Crippen molar-refractivity contribution in [2.45, 2.75) is 50.9 Å². The molecule has 1 aromatic carbocycles. The van der Waals surface area contributed by atoms with Crippen LogP contribution in [0, 0.1) is 29.1 Å². The monoisotopic (exact) mass is 400 g/mol. The molecule has 2 aromatic rings. The largest absolute Gasteiger partial charge is 0.352 e. The average molecular weight is 401 g/mol. The zero-order chi connectivity index (χ0) is 20.7. The summed E-state index contributed by atoms with van der Waals surface area (Å²) in [6.45, 7) is 2.37. The van der Waals surface area contributed by atoms with Gasteiger partial charge in [0.25, 0.3) is 5.91 Å². The summed E-state index contributed by atoms with van der Waals surface area (Å²) in [5.74, 6) is 2.08. The number of hydrogen-bond acceptors (Lipinski definition) is 3. The van der Waals surface area contributed by atoms with Crippen LogP contribution in [-0.2, 0) is 10.2 Å². The van der Waals surface area contributed by atoms with E-state index < -0.39 is 0 Å². The van der Waals surface area contributed by atoms with E-state index in [2.05, 4.69) is 11.4 Å². The minimum Gasteiger partial charge on any atom is -0.352 e. The van der Waals surface area contributed by atoms with E-state index in [4.69, 9.17) is 5.10 Å². The zero-order valence-electron chi connectivity index (χ0n) is 17.5. The Kier molecular flexibility index (Phi) is 4.73. The van der Waals surface area contributed by atoms with Gasteiger partial charge in [0.1, 0.15) is 11.6 Å². The molecular formula is C25H28N4O. The Balaban J connectivity index is 1.62. The van der Waals surface area contributed by atoms with Crippen molar-refractivity contribution in [1.82, 2.24) is 15.1 Å². The third-order valence-electron chi connectivity index (χ3n) is 7.31. The van der Waals surface area contributed by atoms with Gasteiger partial charge in [-0.1, -0.05) is 18.2 Å². The number of amides is 1. The molecule has 1 N–H and O–H groups in total. The number of carbonyl (C=O) groups is 1. The molecular weight excluding hydrogens is 372 g/mol. The lowest BCUT2D eigenvalue weighted by molar-refractivity contribution is -0.116. The van der Waals surface area contributed by atoms with Gasteiger partial charge in [-0.05, 0) is 81.4 Å². The highest BCUT2D eigenvalue weighted by atomic mass is 16.1. The first-order valence-corrected chi connectivity index (χ1v) is 11.2. The number of carbonyl (C=O) groups excluding carboxylic acids is 1. The molecule has 1 aromatic heterocycles. The summed E-state index contributed by atoms with van der Waals surface area (Å²) in [5, 5.41) is 17.5. The van der Waals surface area contributed by atoms with Crippen LogP contribution in [0.4, 0.5) is 0 Å². The van der Waals surface area contributed by atoms with Gasteiger partial charge in [-0.3, -0.25) is 4.79 Å². The number of aromatic nitrogens is 2. The van der Waals surface area contributed by atoms with Gasteiger partial charge >= 0.3 is 0 Å². The quantitative estimate of drug-likeness (QED) is 0.598. The maximum Gasteiger partial charge on any atom is 0.261 e. The molecule has 6 rings (SSSR count). The standard InChI is InChI=1S/C25H28N4O/c1-2-27-24(30)20(15-26)11-21-16-29(22-6-4-3-5-7-22)28-23(21)25-12-17-8-18(13-25)10-19(9-17)14-25/h3-7,11,16-19H,2,8-10,12-14H2,1H3,(H,27,30)/b20-11-. The summed E-state index contributed by atoms with van der Waals surface area (Å²) in [5.41, 5.74) is 3.24. The topological polar surface area (TPSA) is 70.7 Å². The van der Waals surface area contributed by atoms with E-state index in [-0.39, 0.29) is 16.9 Å². The SMILES string of the molecule is CCNC(=O)/C(C#N)=C\c1cn(-c2ccccc2)nc1C12CC3CC(CC(C3)C1)C2. The summed E-state index contributed by atoms with van der Waals surface area (Å²) in [7, 11) is 0. The number of nitrogens with one attached hydrogen (secondary N) is 1. The van der Waals surface area contributed by atoms with Crippen LogP contribution in [-0.4, -0.2) is 22.2 Å². The lowest BCUT2D eigenvalue weighted by Gasteiger charge is -2.56. The van der Waals surface area contributed by atoms with Crippen LogP contribution in [0.5, 0.6) is 0 Å². The average Bonchev–Trinajstić information content (AvgIpc) is 3.17. The minimum absolute atomic E-state index is 0.0857. The van der Waals surface area contributed by atoms with Gasteiger partial charge in [0.05, 0.1) is 11.4 Å². The number of hydrogen-bond donors (Lipinski definition) is 1. The van der Waals surface area contributed by atoms with E-state index in [0.29, 0.717) is 6.54 Å². The van der Waals surface area contributed by atoms with Gasteiger partial charge in [0.2, 0.25) is 0 Å². The van der Waals surface area contributed by atoms with Crippen LogP contribution in [0.15, 0.2) is 42.1 Å². The summed E-state index contributed by atoms with van der Waals surface area (Å²) < 4.78 is 1.92. The second-order valence-electron chi connectivity index (χ2n) is 9.44. The Hall–Kier alpha value is -2.87. The molecule has 0 spiro atoms. The molecule has 154 valence electrons.